The largest absolute Gasteiger partial charge is 0.451 e. The van der Waals surface area contributed by atoms with E-state index in [0.29, 0.717) is 22.7 Å². The van der Waals surface area contributed by atoms with Crippen molar-refractivity contribution in [2.45, 2.75) is 46.1 Å². The van der Waals surface area contributed by atoms with Gasteiger partial charge in [0, 0.05) is 4.88 Å². The summed E-state index contributed by atoms with van der Waals surface area (Å²) >= 11 is 1.59. The predicted molar refractivity (Wildman–Crippen MR) is 106 cm³/mol. The Labute approximate surface area is 161 Å². The molecular formula is C21H22N2O3S. The molecule has 1 aliphatic carbocycles. The number of aromatic nitrogens is 2. The summed E-state index contributed by atoms with van der Waals surface area (Å²) in [5.41, 5.74) is 2.57. The number of nitrogens with zero attached hydrogens (tertiary/aromatic N) is 1. The first kappa shape index (κ1) is 17.9. The molecule has 0 aliphatic heterocycles. The molecule has 5 nitrogen and oxygen atoms in total. The molecule has 2 atom stereocenters. The number of thiophene rings is 1. The van der Waals surface area contributed by atoms with Crippen molar-refractivity contribution in [3.8, 4) is 0 Å². The van der Waals surface area contributed by atoms with E-state index in [9.17, 15) is 9.59 Å². The van der Waals surface area contributed by atoms with E-state index in [1.165, 1.54) is 4.88 Å². The average molecular weight is 382 g/mol. The first-order valence-electron chi connectivity index (χ1n) is 9.24. The Morgan fingerprint density at radius 1 is 1.33 bits per heavy atom. The molecule has 1 N–H and O–H groups in total. The van der Waals surface area contributed by atoms with Gasteiger partial charge >= 0.3 is 5.97 Å². The zero-order valence-corrected chi connectivity index (χ0v) is 16.5. The standard InChI is InChI=1S/C21H22N2O3S/c1-11-4-7-14(8-5-11)21(25)26-13(3)18-22-19(24)17-15-9-6-12(2)10-16(15)27-20(17)23-18/h4-5,7-8,12-13H,6,9-10H2,1-3H3,(H,22,23,24)/t12-,13-/m0/s1. The fourth-order valence-electron chi connectivity index (χ4n) is 3.53. The molecule has 0 unspecified atom stereocenters. The number of hydrogen-bond donors (Lipinski definition) is 1. The maximum absolute atomic E-state index is 12.7. The summed E-state index contributed by atoms with van der Waals surface area (Å²) < 4.78 is 5.52. The number of rotatable bonds is 3. The number of esters is 1. The lowest BCUT2D eigenvalue weighted by molar-refractivity contribution is 0.0320. The molecule has 4 rings (SSSR count). The zero-order chi connectivity index (χ0) is 19.1. The van der Waals surface area contributed by atoms with Crippen LogP contribution >= 0.6 is 11.3 Å². The minimum absolute atomic E-state index is 0.139. The summed E-state index contributed by atoms with van der Waals surface area (Å²) in [7, 11) is 0. The Kier molecular flexibility index (Phi) is 4.60. The van der Waals surface area contributed by atoms with Crippen molar-refractivity contribution in [3.05, 3.63) is 62.0 Å². The second kappa shape index (κ2) is 6.93. The van der Waals surface area contributed by atoms with Gasteiger partial charge in [0.1, 0.15) is 4.83 Å². The monoisotopic (exact) mass is 382 g/mol. The Morgan fingerprint density at radius 3 is 2.81 bits per heavy atom. The number of nitrogens with one attached hydrogen (secondary N) is 1. The van der Waals surface area contributed by atoms with E-state index in [-0.39, 0.29) is 5.56 Å². The molecule has 0 amide bonds. The van der Waals surface area contributed by atoms with Crippen LogP contribution in [-0.4, -0.2) is 15.9 Å². The number of ether oxygens (including phenoxy) is 1. The van der Waals surface area contributed by atoms with Gasteiger partial charge in [0.25, 0.3) is 5.56 Å². The van der Waals surface area contributed by atoms with Gasteiger partial charge in [0.2, 0.25) is 0 Å². The van der Waals surface area contributed by atoms with Gasteiger partial charge in [0.05, 0.1) is 10.9 Å². The average Bonchev–Trinajstić information content (AvgIpc) is 2.99. The molecular weight excluding hydrogens is 360 g/mol. The molecule has 2 heterocycles. The molecule has 6 heteroatoms. The first-order chi connectivity index (χ1) is 12.9. The molecule has 0 bridgehead atoms. The summed E-state index contributed by atoms with van der Waals surface area (Å²) in [5, 5.41) is 0.711. The molecule has 0 fully saturated rings. The quantitative estimate of drug-likeness (QED) is 0.684. The van der Waals surface area contributed by atoms with Crippen molar-refractivity contribution in [1.82, 2.24) is 9.97 Å². The van der Waals surface area contributed by atoms with E-state index in [1.54, 1.807) is 30.4 Å². The smallest absolute Gasteiger partial charge is 0.338 e. The molecule has 3 aromatic rings. The van der Waals surface area contributed by atoms with Crippen LogP contribution in [0.1, 0.15) is 58.6 Å². The van der Waals surface area contributed by atoms with Crippen molar-refractivity contribution in [1.29, 1.82) is 0 Å². The van der Waals surface area contributed by atoms with Crippen LogP contribution in [0.3, 0.4) is 0 Å². The third-order valence-electron chi connectivity index (χ3n) is 5.14. The number of benzene rings is 1. The summed E-state index contributed by atoms with van der Waals surface area (Å²) in [6, 6.07) is 7.20. The molecule has 1 aromatic carbocycles. The molecule has 140 valence electrons. The van der Waals surface area contributed by atoms with E-state index in [1.807, 2.05) is 19.1 Å². The SMILES string of the molecule is Cc1ccc(C(=O)O[C@@H](C)c2nc3sc4c(c3c(=O)[nH]2)CC[C@H](C)C4)cc1. The summed E-state index contributed by atoms with van der Waals surface area (Å²) in [5.74, 6) is 0.600. The highest BCUT2D eigenvalue weighted by Crippen LogP contribution is 2.36. The lowest BCUT2D eigenvalue weighted by Gasteiger charge is -2.17. The van der Waals surface area contributed by atoms with E-state index in [2.05, 4.69) is 16.9 Å². The highest BCUT2D eigenvalue weighted by molar-refractivity contribution is 7.18. The topological polar surface area (TPSA) is 72.0 Å². The Morgan fingerprint density at radius 2 is 2.07 bits per heavy atom. The van der Waals surface area contributed by atoms with Gasteiger partial charge in [-0.05, 0) is 56.7 Å². The van der Waals surface area contributed by atoms with Crippen LogP contribution < -0.4 is 5.56 Å². The lowest BCUT2D eigenvalue weighted by atomic mass is 9.89. The van der Waals surface area contributed by atoms with Gasteiger partial charge in [-0.3, -0.25) is 4.79 Å². The maximum Gasteiger partial charge on any atom is 0.338 e. The van der Waals surface area contributed by atoms with Gasteiger partial charge < -0.3 is 9.72 Å². The second-order valence-corrected chi connectivity index (χ2v) is 8.48. The number of aromatic amines is 1. The number of carbonyl (C=O) groups excluding carboxylic acids is 1. The molecule has 0 saturated heterocycles. The summed E-state index contributed by atoms with van der Waals surface area (Å²) in [6.07, 6.45) is 2.40. The van der Waals surface area contributed by atoms with Crippen molar-refractivity contribution < 1.29 is 9.53 Å². The van der Waals surface area contributed by atoms with E-state index in [0.717, 1.165) is 35.2 Å². The number of carbonyl (C=O) groups is 1. The van der Waals surface area contributed by atoms with Crippen LogP contribution in [0, 0.1) is 12.8 Å². The Bertz CT molecular complexity index is 1070. The summed E-state index contributed by atoms with van der Waals surface area (Å²) in [4.78, 5) is 34.5. The van der Waals surface area contributed by atoms with Crippen molar-refractivity contribution in [2.75, 3.05) is 0 Å². The van der Waals surface area contributed by atoms with E-state index in [4.69, 9.17) is 4.74 Å². The van der Waals surface area contributed by atoms with Crippen molar-refractivity contribution >= 4 is 27.5 Å². The summed E-state index contributed by atoms with van der Waals surface area (Å²) in [6.45, 7) is 5.93. The highest BCUT2D eigenvalue weighted by atomic mass is 32.1. The number of aryl methyl sites for hydroxylation is 2. The van der Waals surface area contributed by atoms with Crippen LogP contribution in [0.15, 0.2) is 29.1 Å². The fourth-order valence-corrected chi connectivity index (χ4v) is 4.92. The van der Waals surface area contributed by atoms with E-state index < -0.39 is 12.1 Å². The minimum Gasteiger partial charge on any atom is -0.451 e. The van der Waals surface area contributed by atoms with Gasteiger partial charge in [-0.15, -0.1) is 11.3 Å². The minimum atomic E-state index is -0.631. The normalized spacial score (nSPS) is 17.5. The molecule has 1 aliphatic rings. The molecule has 2 aromatic heterocycles. The van der Waals surface area contributed by atoms with Crippen LogP contribution in [0.25, 0.3) is 10.2 Å². The third-order valence-corrected chi connectivity index (χ3v) is 6.29. The lowest BCUT2D eigenvalue weighted by Crippen LogP contribution is -2.18. The second-order valence-electron chi connectivity index (χ2n) is 7.40. The highest BCUT2D eigenvalue weighted by Gasteiger charge is 2.24. The number of hydrogen-bond acceptors (Lipinski definition) is 5. The van der Waals surface area contributed by atoms with Crippen molar-refractivity contribution in [2.24, 2.45) is 5.92 Å². The van der Waals surface area contributed by atoms with E-state index >= 15 is 0 Å². The van der Waals surface area contributed by atoms with Crippen LogP contribution in [0.4, 0.5) is 0 Å². The molecule has 0 spiro atoms. The molecule has 0 radical (unpaired) electrons. The van der Waals surface area contributed by atoms with Crippen LogP contribution in [-0.2, 0) is 17.6 Å². The number of fused-ring (bicyclic) bond motifs is 3. The molecule has 0 saturated carbocycles. The van der Waals surface area contributed by atoms with Crippen LogP contribution in [0.5, 0.6) is 0 Å². The molecule has 27 heavy (non-hydrogen) atoms. The van der Waals surface area contributed by atoms with Gasteiger partial charge in [-0.2, -0.15) is 0 Å². The van der Waals surface area contributed by atoms with Gasteiger partial charge in [0.15, 0.2) is 11.9 Å². The Balaban J connectivity index is 1.62. The zero-order valence-electron chi connectivity index (χ0n) is 15.7. The van der Waals surface area contributed by atoms with Crippen molar-refractivity contribution in [3.63, 3.8) is 0 Å². The Hall–Kier alpha value is -2.47. The number of H-pyrrole nitrogens is 1. The fraction of sp³-hybridized carbons (Fsp3) is 0.381. The van der Waals surface area contributed by atoms with Crippen LogP contribution in [0.2, 0.25) is 0 Å². The maximum atomic E-state index is 12.7. The first-order valence-corrected chi connectivity index (χ1v) is 10.1. The van der Waals surface area contributed by atoms with Gasteiger partial charge in [-0.1, -0.05) is 24.6 Å². The van der Waals surface area contributed by atoms with Gasteiger partial charge in [-0.25, -0.2) is 9.78 Å². The predicted octanol–water partition coefficient (Wildman–Crippen LogP) is 4.34. The third kappa shape index (κ3) is 3.41.